The molecule has 4 rings (SSSR count). The number of nitrogens with one attached hydrogen (secondary N) is 1. The second kappa shape index (κ2) is 6.79. The number of hydrogen-bond acceptors (Lipinski definition) is 2. The van der Waals surface area contributed by atoms with Gasteiger partial charge in [0, 0.05) is 30.2 Å². The van der Waals surface area contributed by atoms with E-state index in [0.717, 1.165) is 10.8 Å². The molecular weight excluding hydrogens is 328 g/mol. The molecule has 25 heavy (non-hydrogen) atoms. The van der Waals surface area contributed by atoms with Gasteiger partial charge in [-0.05, 0) is 63.2 Å². The summed E-state index contributed by atoms with van der Waals surface area (Å²) in [4.78, 5) is 6.96. The molecule has 0 spiro atoms. The average molecular weight is 355 g/mol. The van der Waals surface area contributed by atoms with Crippen molar-refractivity contribution in [1.29, 1.82) is 0 Å². The van der Waals surface area contributed by atoms with Crippen molar-refractivity contribution in [2.45, 2.75) is 63.7 Å². The summed E-state index contributed by atoms with van der Waals surface area (Å²) >= 11 is 5.70. The normalized spacial score (nSPS) is 24.3. The van der Waals surface area contributed by atoms with Gasteiger partial charge in [0.15, 0.2) is 5.11 Å². The van der Waals surface area contributed by atoms with E-state index in [1.807, 2.05) is 12.3 Å². The topological polar surface area (TPSA) is 33.1 Å². The van der Waals surface area contributed by atoms with Crippen molar-refractivity contribution in [2.24, 2.45) is 0 Å². The maximum Gasteiger partial charge on any atom is 0.170 e. The van der Waals surface area contributed by atoms with Gasteiger partial charge in [0.25, 0.3) is 0 Å². The van der Waals surface area contributed by atoms with Gasteiger partial charge in [-0.3, -0.25) is 4.98 Å². The first kappa shape index (κ1) is 16.6. The maximum atomic E-state index is 5.70. The van der Waals surface area contributed by atoms with E-state index in [9.17, 15) is 0 Å². The summed E-state index contributed by atoms with van der Waals surface area (Å²) in [5.74, 6) is 0. The second-order valence-corrected chi connectivity index (χ2v) is 7.79. The van der Waals surface area contributed by atoms with E-state index in [4.69, 9.17) is 12.2 Å². The van der Waals surface area contributed by atoms with Crippen LogP contribution < -0.4 is 5.32 Å². The number of hydrogen-bond donors (Lipinski definition) is 1. The third-order valence-corrected chi connectivity index (χ3v) is 5.85. The molecule has 2 atom stereocenters. The molecule has 0 amide bonds. The smallest absolute Gasteiger partial charge is 0.170 e. The van der Waals surface area contributed by atoms with Crippen LogP contribution in [0.15, 0.2) is 42.7 Å². The van der Waals surface area contributed by atoms with E-state index >= 15 is 0 Å². The second-order valence-electron chi connectivity index (χ2n) is 7.41. The van der Waals surface area contributed by atoms with E-state index in [0.29, 0.717) is 12.1 Å². The maximum absolute atomic E-state index is 5.70. The lowest BCUT2D eigenvalue weighted by Crippen LogP contribution is -2.36. The molecular formula is C20H26N4S. The van der Waals surface area contributed by atoms with Gasteiger partial charge in [0.2, 0.25) is 0 Å². The number of nitrogens with zero attached hydrogens (tertiary/aromatic N) is 3. The van der Waals surface area contributed by atoms with Crippen molar-refractivity contribution in [2.75, 3.05) is 0 Å². The van der Waals surface area contributed by atoms with E-state index in [1.54, 1.807) is 0 Å². The van der Waals surface area contributed by atoms with Gasteiger partial charge < -0.3 is 14.8 Å². The molecule has 0 radical (unpaired) electrons. The molecule has 132 valence electrons. The van der Waals surface area contributed by atoms with Gasteiger partial charge in [-0.1, -0.05) is 18.9 Å². The van der Waals surface area contributed by atoms with Crippen LogP contribution in [0, 0.1) is 0 Å². The molecule has 3 heterocycles. The predicted molar refractivity (Wildman–Crippen MR) is 104 cm³/mol. The molecule has 2 fully saturated rings. The highest BCUT2D eigenvalue weighted by atomic mass is 32.1. The predicted octanol–water partition coefficient (Wildman–Crippen LogP) is 4.38. The van der Waals surface area contributed by atoms with E-state index in [-0.39, 0.29) is 12.1 Å². The van der Waals surface area contributed by atoms with E-state index < -0.39 is 0 Å². The Labute approximate surface area is 155 Å². The summed E-state index contributed by atoms with van der Waals surface area (Å²) in [5, 5.41) is 4.37. The van der Waals surface area contributed by atoms with Crippen LogP contribution in [0.2, 0.25) is 0 Å². The first-order valence-electron chi connectivity index (χ1n) is 9.33. The van der Waals surface area contributed by atoms with Crippen LogP contribution in [0.4, 0.5) is 0 Å². The fraction of sp³-hybridized carbons (Fsp3) is 0.500. The molecule has 0 bridgehead atoms. The molecule has 1 aliphatic carbocycles. The van der Waals surface area contributed by atoms with Gasteiger partial charge in [0.05, 0.1) is 17.8 Å². The van der Waals surface area contributed by atoms with Crippen molar-refractivity contribution in [3.05, 3.63) is 54.1 Å². The molecule has 2 aromatic rings. The summed E-state index contributed by atoms with van der Waals surface area (Å²) in [5.41, 5.74) is 2.40. The molecule has 1 aliphatic heterocycles. The fourth-order valence-corrected chi connectivity index (χ4v) is 4.86. The lowest BCUT2D eigenvalue weighted by Gasteiger charge is -2.32. The van der Waals surface area contributed by atoms with Crippen molar-refractivity contribution in [3.8, 4) is 0 Å². The number of thiocarbonyl (C=S) groups is 1. The lowest BCUT2D eigenvalue weighted by molar-refractivity contribution is 0.254. The van der Waals surface area contributed by atoms with Crippen molar-refractivity contribution in [1.82, 2.24) is 19.8 Å². The monoisotopic (exact) mass is 354 g/mol. The van der Waals surface area contributed by atoms with Crippen LogP contribution in [0.1, 0.15) is 69.0 Å². The third-order valence-electron chi connectivity index (χ3n) is 5.52. The van der Waals surface area contributed by atoms with Crippen LogP contribution in [0.3, 0.4) is 0 Å². The molecule has 1 N–H and O–H groups in total. The lowest BCUT2D eigenvalue weighted by atomic mass is 10.00. The Kier molecular flexibility index (Phi) is 4.50. The molecule has 1 saturated carbocycles. The van der Waals surface area contributed by atoms with Gasteiger partial charge in [0.1, 0.15) is 0 Å². The number of aromatic nitrogens is 2. The molecule has 2 aliphatic rings. The Morgan fingerprint density at radius 2 is 1.96 bits per heavy atom. The molecule has 0 aromatic carbocycles. The Morgan fingerprint density at radius 3 is 2.64 bits per heavy atom. The SMILES string of the molecule is CC(C)N1C(=S)N[C@H](c2ccccn2)[C@@H]1c1cccn1C1CCCC1. The van der Waals surface area contributed by atoms with Crippen LogP contribution in [0.25, 0.3) is 0 Å². The van der Waals surface area contributed by atoms with E-state index in [1.165, 1.54) is 31.4 Å². The van der Waals surface area contributed by atoms with Gasteiger partial charge in [-0.2, -0.15) is 0 Å². The van der Waals surface area contributed by atoms with E-state index in [2.05, 4.69) is 64.1 Å². The molecule has 5 heteroatoms. The van der Waals surface area contributed by atoms with Crippen LogP contribution >= 0.6 is 12.2 Å². The summed E-state index contributed by atoms with van der Waals surface area (Å²) < 4.78 is 2.50. The minimum atomic E-state index is 0.0890. The first-order valence-corrected chi connectivity index (χ1v) is 9.74. The zero-order valence-electron chi connectivity index (χ0n) is 14.9. The zero-order valence-corrected chi connectivity index (χ0v) is 15.7. The molecule has 0 unspecified atom stereocenters. The van der Waals surface area contributed by atoms with Crippen molar-refractivity contribution >= 4 is 17.3 Å². The highest BCUT2D eigenvalue weighted by Crippen LogP contribution is 2.42. The Balaban J connectivity index is 1.77. The molecule has 4 nitrogen and oxygen atoms in total. The minimum Gasteiger partial charge on any atom is -0.352 e. The fourth-order valence-electron chi connectivity index (χ4n) is 4.41. The summed E-state index contributed by atoms with van der Waals surface area (Å²) in [6.45, 7) is 4.43. The summed E-state index contributed by atoms with van der Waals surface area (Å²) in [7, 11) is 0. The minimum absolute atomic E-state index is 0.0890. The van der Waals surface area contributed by atoms with Crippen molar-refractivity contribution in [3.63, 3.8) is 0 Å². The Hall–Kier alpha value is -1.88. The molecule has 2 aromatic heterocycles. The Morgan fingerprint density at radius 1 is 1.16 bits per heavy atom. The number of pyridine rings is 1. The summed E-state index contributed by atoms with van der Waals surface area (Å²) in [6, 6.07) is 11.8. The van der Waals surface area contributed by atoms with Gasteiger partial charge >= 0.3 is 0 Å². The quantitative estimate of drug-likeness (QED) is 0.826. The zero-order chi connectivity index (χ0) is 17.4. The van der Waals surface area contributed by atoms with Gasteiger partial charge in [-0.25, -0.2) is 0 Å². The average Bonchev–Trinajstić information content (AvgIpc) is 3.33. The highest BCUT2D eigenvalue weighted by molar-refractivity contribution is 7.80. The highest BCUT2D eigenvalue weighted by Gasteiger charge is 2.42. The largest absolute Gasteiger partial charge is 0.352 e. The van der Waals surface area contributed by atoms with Gasteiger partial charge in [-0.15, -0.1) is 0 Å². The standard InChI is InChI=1S/C20H26N4S/c1-14(2)24-19(17-11-7-13-23(17)15-8-3-4-9-15)18(22-20(24)25)16-10-5-6-12-21-16/h5-7,10-15,18-19H,3-4,8-9H2,1-2H3,(H,22,25)/t18-,19+/m1/s1. The molecule has 1 saturated heterocycles. The Bertz CT molecular complexity index is 733. The van der Waals surface area contributed by atoms with Crippen molar-refractivity contribution < 1.29 is 0 Å². The third kappa shape index (κ3) is 2.95. The first-order chi connectivity index (χ1) is 12.2. The summed E-state index contributed by atoms with van der Waals surface area (Å²) in [6.07, 6.45) is 9.35. The van der Waals surface area contributed by atoms with Crippen LogP contribution in [-0.4, -0.2) is 25.6 Å². The van der Waals surface area contributed by atoms with Crippen LogP contribution in [-0.2, 0) is 0 Å². The van der Waals surface area contributed by atoms with Crippen LogP contribution in [0.5, 0.6) is 0 Å². The number of rotatable bonds is 4.